The lowest BCUT2D eigenvalue weighted by molar-refractivity contribution is -0.134. The Labute approximate surface area is 161 Å². The number of carbonyl (C=O) groups excluding carboxylic acids is 2. The molecule has 3 aliphatic rings. The van der Waals surface area contributed by atoms with Gasteiger partial charge in [-0.3, -0.25) is 9.59 Å². The predicted octanol–water partition coefficient (Wildman–Crippen LogP) is 3.84. The lowest BCUT2D eigenvalue weighted by atomic mass is 10.0. The van der Waals surface area contributed by atoms with Crippen LogP contribution in [0.2, 0.25) is 0 Å². The maximum absolute atomic E-state index is 12.8. The summed E-state index contributed by atoms with van der Waals surface area (Å²) in [5.74, 6) is -0.219. The van der Waals surface area contributed by atoms with Crippen LogP contribution < -0.4 is 15.5 Å². The van der Waals surface area contributed by atoms with Crippen molar-refractivity contribution in [1.82, 2.24) is 5.32 Å². The number of nitrogens with zero attached hydrogens (tertiary/aromatic N) is 1. The van der Waals surface area contributed by atoms with E-state index >= 15 is 0 Å². The molecule has 4 rings (SSSR count). The van der Waals surface area contributed by atoms with E-state index < -0.39 is 5.41 Å². The van der Waals surface area contributed by atoms with Crippen LogP contribution in [0.15, 0.2) is 24.3 Å². The Hall–Kier alpha value is -2.04. The van der Waals surface area contributed by atoms with Gasteiger partial charge in [-0.15, -0.1) is 0 Å². The predicted molar refractivity (Wildman–Crippen MR) is 108 cm³/mol. The Morgan fingerprint density at radius 2 is 1.48 bits per heavy atom. The molecular weight excluding hydrogens is 338 g/mol. The van der Waals surface area contributed by atoms with E-state index in [4.69, 9.17) is 0 Å². The van der Waals surface area contributed by atoms with Gasteiger partial charge >= 0.3 is 0 Å². The van der Waals surface area contributed by atoms with Crippen molar-refractivity contribution in [3.8, 4) is 0 Å². The summed E-state index contributed by atoms with van der Waals surface area (Å²) < 4.78 is 0. The van der Waals surface area contributed by atoms with Crippen molar-refractivity contribution in [2.75, 3.05) is 23.3 Å². The summed E-state index contributed by atoms with van der Waals surface area (Å²) in [5, 5.41) is 6.14. The minimum Gasteiger partial charge on any atom is -0.372 e. The number of anilines is 2. The van der Waals surface area contributed by atoms with Crippen LogP contribution >= 0.6 is 0 Å². The molecule has 0 spiro atoms. The SMILES string of the molecule is O=C(Nc1ccc(N2CCCC2)cc1)C1(C(=O)NC2CCCCCC2)CC1. The number of nitrogens with one attached hydrogen (secondary N) is 2. The van der Waals surface area contributed by atoms with Crippen molar-refractivity contribution in [1.29, 1.82) is 0 Å². The van der Waals surface area contributed by atoms with Crippen molar-refractivity contribution >= 4 is 23.2 Å². The minimum absolute atomic E-state index is 0.0689. The third kappa shape index (κ3) is 4.12. The van der Waals surface area contributed by atoms with Crippen molar-refractivity contribution < 1.29 is 9.59 Å². The Morgan fingerprint density at radius 3 is 2.07 bits per heavy atom. The van der Waals surface area contributed by atoms with Gasteiger partial charge in [0.15, 0.2) is 0 Å². The fraction of sp³-hybridized carbons (Fsp3) is 0.636. The fourth-order valence-corrected chi connectivity index (χ4v) is 4.41. The molecule has 2 aliphatic carbocycles. The smallest absolute Gasteiger partial charge is 0.240 e. The summed E-state index contributed by atoms with van der Waals surface area (Å²) in [4.78, 5) is 28.0. The number of rotatable bonds is 5. The molecule has 146 valence electrons. The molecule has 2 amide bonds. The summed E-state index contributed by atoms with van der Waals surface area (Å²) in [6.45, 7) is 2.21. The van der Waals surface area contributed by atoms with Crippen LogP contribution in [0.25, 0.3) is 0 Å². The number of benzene rings is 1. The monoisotopic (exact) mass is 369 g/mol. The molecular formula is C22H31N3O2. The molecule has 1 aromatic carbocycles. The fourth-order valence-electron chi connectivity index (χ4n) is 4.41. The molecule has 0 radical (unpaired) electrons. The van der Waals surface area contributed by atoms with Gasteiger partial charge in [-0.25, -0.2) is 0 Å². The van der Waals surface area contributed by atoms with E-state index in [9.17, 15) is 9.59 Å². The van der Waals surface area contributed by atoms with Crippen LogP contribution in [0, 0.1) is 5.41 Å². The van der Waals surface area contributed by atoms with Gasteiger partial charge in [-0.05, 0) is 62.8 Å². The second-order valence-corrected chi connectivity index (χ2v) is 8.44. The van der Waals surface area contributed by atoms with Crippen molar-refractivity contribution in [3.63, 3.8) is 0 Å². The van der Waals surface area contributed by atoms with Crippen LogP contribution in [-0.2, 0) is 9.59 Å². The maximum Gasteiger partial charge on any atom is 0.240 e. The standard InChI is InChI=1S/C22H31N3O2/c26-20(23-17-7-3-1-2-4-8-17)22(13-14-22)21(27)24-18-9-11-19(12-10-18)25-15-5-6-16-25/h9-12,17H,1-8,13-16H2,(H,23,26)(H,24,27). The summed E-state index contributed by atoms with van der Waals surface area (Å²) in [6.07, 6.45) is 10.8. The van der Waals surface area contributed by atoms with Crippen LogP contribution in [0.4, 0.5) is 11.4 Å². The molecule has 5 heteroatoms. The van der Waals surface area contributed by atoms with Gasteiger partial charge in [-0.1, -0.05) is 25.7 Å². The maximum atomic E-state index is 12.8. The van der Waals surface area contributed by atoms with Gasteiger partial charge in [-0.2, -0.15) is 0 Å². The van der Waals surface area contributed by atoms with E-state index in [2.05, 4.69) is 27.7 Å². The Kier molecular flexibility index (Phi) is 5.37. The minimum atomic E-state index is -0.847. The first-order valence-corrected chi connectivity index (χ1v) is 10.6. The topological polar surface area (TPSA) is 61.4 Å². The van der Waals surface area contributed by atoms with Gasteiger partial charge in [0.2, 0.25) is 11.8 Å². The molecule has 0 bridgehead atoms. The first-order valence-electron chi connectivity index (χ1n) is 10.6. The highest BCUT2D eigenvalue weighted by molar-refractivity contribution is 6.13. The number of hydrogen-bond donors (Lipinski definition) is 2. The van der Waals surface area contributed by atoms with Gasteiger partial charge in [0, 0.05) is 30.5 Å². The molecule has 2 N–H and O–H groups in total. The van der Waals surface area contributed by atoms with Gasteiger partial charge in [0.05, 0.1) is 0 Å². The zero-order valence-electron chi connectivity index (χ0n) is 16.1. The average Bonchev–Trinajstić information content (AvgIpc) is 3.39. The normalized spacial score (nSPS) is 22.1. The van der Waals surface area contributed by atoms with Crippen molar-refractivity contribution in [2.45, 2.75) is 70.3 Å². The Morgan fingerprint density at radius 1 is 0.852 bits per heavy atom. The largest absolute Gasteiger partial charge is 0.372 e. The molecule has 27 heavy (non-hydrogen) atoms. The molecule has 1 heterocycles. The molecule has 0 unspecified atom stereocenters. The molecule has 2 saturated carbocycles. The van der Waals surface area contributed by atoms with E-state index in [1.54, 1.807) is 0 Å². The zero-order valence-corrected chi connectivity index (χ0v) is 16.1. The highest BCUT2D eigenvalue weighted by atomic mass is 16.2. The molecule has 1 saturated heterocycles. The van der Waals surface area contributed by atoms with Crippen LogP contribution in [0.3, 0.4) is 0 Å². The Balaban J connectivity index is 1.34. The lowest BCUT2D eigenvalue weighted by Crippen LogP contribution is -2.44. The van der Waals surface area contributed by atoms with Crippen molar-refractivity contribution in [3.05, 3.63) is 24.3 Å². The summed E-state index contributed by atoms with van der Waals surface area (Å²) in [5.41, 5.74) is 1.13. The quantitative estimate of drug-likeness (QED) is 0.612. The van der Waals surface area contributed by atoms with Gasteiger partial charge in [0.1, 0.15) is 5.41 Å². The molecule has 5 nitrogen and oxygen atoms in total. The third-order valence-electron chi connectivity index (χ3n) is 6.41. The number of hydrogen-bond acceptors (Lipinski definition) is 3. The first-order chi connectivity index (χ1) is 13.2. The second kappa shape index (κ2) is 7.91. The molecule has 0 atom stereocenters. The number of carbonyl (C=O) groups is 2. The van der Waals surface area contributed by atoms with E-state index in [0.717, 1.165) is 31.6 Å². The van der Waals surface area contributed by atoms with E-state index in [1.165, 1.54) is 44.2 Å². The lowest BCUT2D eigenvalue weighted by Gasteiger charge is -2.21. The summed E-state index contributed by atoms with van der Waals surface area (Å²) >= 11 is 0. The van der Waals surface area contributed by atoms with Crippen molar-refractivity contribution in [2.24, 2.45) is 5.41 Å². The molecule has 1 aromatic rings. The summed E-state index contributed by atoms with van der Waals surface area (Å²) in [7, 11) is 0. The molecule has 0 aromatic heterocycles. The van der Waals surface area contributed by atoms with Gasteiger partial charge in [0.25, 0.3) is 0 Å². The highest BCUT2D eigenvalue weighted by Crippen LogP contribution is 2.47. The summed E-state index contributed by atoms with van der Waals surface area (Å²) in [6, 6.07) is 8.26. The second-order valence-electron chi connectivity index (χ2n) is 8.44. The number of amides is 2. The van der Waals surface area contributed by atoms with E-state index in [0.29, 0.717) is 12.8 Å². The van der Waals surface area contributed by atoms with Crippen LogP contribution in [0.1, 0.15) is 64.2 Å². The zero-order chi connectivity index (χ0) is 18.7. The van der Waals surface area contributed by atoms with Crippen LogP contribution in [0.5, 0.6) is 0 Å². The van der Waals surface area contributed by atoms with E-state index in [1.807, 2.05) is 12.1 Å². The van der Waals surface area contributed by atoms with Crippen LogP contribution in [-0.4, -0.2) is 30.9 Å². The molecule has 1 aliphatic heterocycles. The third-order valence-corrected chi connectivity index (χ3v) is 6.41. The average molecular weight is 370 g/mol. The highest BCUT2D eigenvalue weighted by Gasteiger charge is 2.56. The Bertz CT molecular complexity index is 667. The van der Waals surface area contributed by atoms with Gasteiger partial charge < -0.3 is 15.5 Å². The molecule has 3 fully saturated rings. The van der Waals surface area contributed by atoms with E-state index in [-0.39, 0.29) is 17.9 Å². The first kappa shape index (κ1) is 18.3.